The summed E-state index contributed by atoms with van der Waals surface area (Å²) < 4.78 is 7.58. The standard InChI is InChI=1S/C27H29ClN6O2/c1-32(2)12-6-9-22(35)34-13-18-16(19(18)14-34)10-11-21-23(17-7-5-8-20(28)25(17)36-4)24-26(29)30-15-31-27(24)33(21)3/h5-9,15-16,18-19H,12-14H2,1-4H3,(H2,29,30,31)/b9-6+/t16-,18-,19+. The molecule has 186 valence electrons. The number of benzene rings is 1. The summed E-state index contributed by atoms with van der Waals surface area (Å²) in [6.07, 6.45) is 5.04. The minimum Gasteiger partial charge on any atom is -0.495 e. The van der Waals surface area contributed by atoms with Crippen molar-refractivity contribution in [3.05, 3.63) is 47.4 Å². The molecule has 1 aliphatic heterocycles. The summed E-state index contributed by atoms with van der Waals surface area (Å²) in [5.74, 6) is 8.98. The monoisotopic (exact) mass is 504 g/mol. The number of likely N-dealkylation sites (tertiary alicyclic amines) is 1. The second kappa shape index (κ2) is 9.49. The van der Waals surface area contributed by atoms with Gasteiger partial charge in [0.05, 0.1) is 17.5 Å². The lowest BCUT2D eigenvalue weighted by molar-refractivity contribution is -0.125. The molecule has 8 nitrogen and oxygen atoms in total. The third-order valence-electron chi connectivity index (χ3n) is 7.03. The van der Waals surface area contributed by atoms with Gasteiger partial charge in [0.25, 0.3) is 0 Å². The Bertz CT molecular complexity index is 1420. The highest BCUT2D eigenvalue weighted by Crippen LogP contribution is 2.51. The molecule has 3 aromatic rings. The number of nitrogens with two attached hydrogens (primary N) is 1. The Labute approximate surface area is 215 Å². The molecule has 2 fully saturated rings. The van der Waals surface area contributed by atoms with Crippen LogP contribution in [0.1, 0.15) is 5.69 Å². The second-order valence-electron chi connectivity index (χ2n) is 9.59. The molecular formula is C27H29ClN6O2. The maximum absolute atomic E-state index is 12.5. The maximum Gasteiger partial charge on any atom is 0.246 e. The van der Waals surface area contributed by atoms with Crippen LogP contribution in [-0.2, 0) is 11.8 Å². The van der Waals surface area contributed by atoms with E-state index < -0.39 is 0 Å². The Morgan fingerprint density at radius 2 is 2.06 bits per heavy atom. The summed E-state index contributed by atoms with van der Waals surface area (Å²) in [5.41, 5.74) is 9.39. The molecule has 1 aromatic carbocycles. The van der Waals surface area contributed by atoms with Crippen molar-refractivity contribution in [1.82, 2.24) is 24.3 Å². The number of amides is 1. The van der Waals surface area contributed by atoms with Crippen LogP contribution in [0.3, 0.4) is 0 Å². The van der Waals surface area contributed by atoms with Crippen molar-refractivity contribution < 1.29 is 9.53 Å². The number of carbonyl (C=O) groups is 1. The number of nitrogen functional groups attached to an aromatic ring is 1. The fraction of sp³-hybridized carbons (Fsp3) is 0.370. The van der Waals surface area contributed by atoms with Crippen LogP contribution in [0.15, 0.2) is 36.7 Å². The van der Waals surface area contributed by atoms with Gasteiger partial charge in [0.1, 0.15) is 29.2 Å². The molecule has 0 radical (unpaired) electrons. The van der Waals surface area contributed by atoms with Gasteiger partial charge in [-0.2, -0.15) is 0 Å². The van der Waals surface area contributed by atoms with Crippen LogP contribution >= 0.6 is 11.6 Å². The average Bonchev–Trinajstić information content (AvgIpc) is 3.16. The normalized spacial score (nSPS) is 20.6. The number of anilines is 1. The molecule has 1 saturated carbocycles. The molecule has 1 aliphatic carbocycles. The zero-order valence-electron chi connectivity index (χ0n) is 20.8. The molecule has 2 aliphatic rings. The summed E-state index contributed by atoms with van der Waals surface area (Å²) in [7, 11) is 7.48. The highest BCUT2D eigenvalue weighted by atomic mass is 35.5. The number of carbonyl (C=O) groups excluding carboxylic acids is 1. The van der Waals surface area contributed by atoms with Gasteiger partial charge in [0, 0.05) is 49.8 Å². The number of methoxy groups -OCH3 is 1. The molecule has 0 unspecified atom stereocenters. The summed E-state index contributed by atoms with van der Waals surface area (Å²) in [4.78, 5) is 25.1. The van der Waals surface area contributed by atoms with Crippen molar-refractivity contribution >= 4 is 34.4 Å². The first-order valence-corrected chi connectivity index (χ1v) is 12.2. The number of aromatic nitrogens is 3. The average molecular weight is 505 g/mol. The SMILES string of the molecule is COc1c(Cl)cccc1-c1c(C#C[C@@H]2[C@H]3CN(C(=O)/C=C/CN(C)C)C[C@@H]23)n(C)c2ncnc(N)c12. The van der Waals surface area contributed by atoms with E-state index in [0.29, 0.717) is 34.1 Å². The molecule has 0 spiro atoms. The summed E-state index contributed by atoms with van der Waals surface area (Å²) >= 11 is 6.45. The van der Waals surface area contributed by atoms with Crippen LogP contribution in [0.25, 0.3) is 22.2 Å². The number of aryl methyl sites for hydroxylation is 1. The quantitative estimate of drug-likeness (QED) is 0.424. The number of nitrogens with zero attached hydrogens (tertiary/aromatic N) is 5. The lowest BCUT2D eigenvalue weighted by atomic mass is 10.0. The fourth-order valence-corrected chi connectivity index (χ4v) is 5.39. The van der Waals surface area contributed by atoms with Crippen LogP contribution < -0.4 is 10.5 Å². The number of fused-ring (bicyclic) bond motifs is 2. The van der Waals surface area contributed by atoms with E-state index in [1.807, 2.05) is 53.7 Å². The van der Waals surface area contributed by atoms with Crippen molar-refractivity contribution in [3.8, 4) is 28.7 Å². The van der Waals surface area contributed by atoms with Crippen LogP contribution in [0.2, 0.25) is 5.02 Å². The molecule has 3 atom stereocenters. The van der Waals surface area contributed by atoms with Crippen molar-refractivity contribution in [2.45, 2.75) is 0 Å². The van der Waals surface area contributed by atoms with Gasteiger partial charge in [-0.3, -0.25) is 4.79 Å². The molecule has 1 amide bonds. The van der Waals surface area contributed by atoms with Gasteiger partial charge in [0.15, 0.2) is 0 Å². The Balaban J connectivity index is 1.45. The zero-order valence-corrected chi connectivity index (χ0v) is 21.6. The van der Waals surface area contributed by atoms with E-state index in [2.05, 4.69) is 21.8 Å². The predicted molar refractivity (Wildman–Crippen MR) is 142 cm³/mol. The minimum atomic E-state index is 0.0776. The molecule has 1 saturated heterocycles. The molecule has 9 heteroatoms. The van der Waals surface area contributed by atoms with Crippen molar-refractivity contribution in [1.29, 1.82) is 0 Å². The predicted octanol–water partition coefficient (Wildman–Crippen LogP) is 3.05. The summed E-state index contributed by atoms with van der Waals surface area (Å²) in [6, 6.07) is 5.60. The number of ether oxygens (including phenoxy) is 1. The molecule has 0 bridgehead atoms. The lowest BCUT2D eigenvalue weighted by Gasteiger charge is -2.17. The number of likely N-dealkylation sites (N-methyl/N-ethyl adjacent to an activating group) is 1. The minimum absolute atomic E-state index is 0.0776. The molecule has 5 rings (SSSR count). The maximum atomic E-state index is 12.5. The molecule has 3 heterocycles. The third-order valence-corrected chi connectivity index (χ3v) is 7.33. The van der Waals surface area contributed by atoms with Crippen molar-refractivity contribution in [2.75, 3.05) is 46.6 Å². The Morgan fingerprint density at radius 3 is 2.75 bits per heavy atom. The number of piperidine rings is 1. The smallest absolute Gasteiger partial charge is 0.246 e. The van der Waals surface area contributed by atoms with E-state index >= 15 is 0 Å². The Morgan fingerprint density at radius 1 is 1.31 bits per heavy atom. The van der Waals surface area contributed by atoms with Crippen LogP contribution in [0.4, 0.5) is 5.82 Å². The number of para-hydroxylation sites is 1. The van der Waals surface area contributed by atoms with Crippen molar-refractivity contribution in [2.24, 2.45) is 24.8 Å². The Kier molecular flexibility index (Phi) is 6.37. The lowest BCUT2D eigenvalue weighted by Crippen LogP contribution is -2.30. The zero-order chi connectivity index (χ0) is 25.6. The van der Waals surface area contributed by atoms with Crippen molar-refractivity contribution in [3.63, 3.8) is 0 Å². The third kappa shape index (κ3) is 4.19. The van der Waals surface area contributed by atoms with E-state index in [1.165, 1.54) is 6.33 Å². The largest absolute Gasteiger partial charge is 0.495 e. The second-order valence-corrected chi connectivity index (χ2v) is 10.00. The topological polar surface area (TPSA) is 89.5 Å². The number of rotatable bonds is 5. The van der Waals surface area contributed by atoms with E-state index in [9.17, 15) is 4.79 Å². The first-order chi connectivity index (χ1) is 17.3. The van der Waals surface area contributed by atoms with Gasteiger partial charge in [-0.1, -0.05) is 35.7 Å². The van der Waals surface area contributed by atoms with Gasteiger partial charge >= 0.3 is 0 Å². The van der Waals surface area contributed by atoms with Gasteiger partial charge in [-0.15, -0.1) is 0 Å². The summed E-state index contributed by atoms with van der Waals surface area (Å²) in [6.45, 7) is 2.25. The number of hydrogen-bond acceptors (Lipinski definition) is 6. The first-order valence-electron chi connectivity index (χ1n) is 11.8. The number of halogens is 1. The van der Waals surface area contributed by atoms with E-state index in [0.717, 1.165) is 41.8 Å². The summed E-state index contributed by atoms with van der Waals surface area (Å²) in [5, 5.41) is 1.23. The van der Waals surface area contributed by atoms with Gasteiger partial charge in [-0.05, 0) is 37.9 Å². The molecule has 2 N–H and O–H groups in total. The van der Waals surface area contributed by atoms with Crippen LogP contribution in [0, 0.1) is 29.6 Å². The van der Waals surface area contributed by atoms with Gasteiger partial charge < -0.3 is 24.8 Å². The van der Waals surface area contributed by atoms with Crippen LogP contribution in [0.5, 0.6) is 5.75 Å². The number of hydrogen-bond donors (Lipinski definition) is 1. The molecule has 2 aromatic heterocycles. The van der Waals surface area contributed by atoms with E-state index in [-0.39, 0.29) is 11.8 Å². The van der Waals surface area contributed by atoms with E-state index in [1.54, 1.807) is 19.3 Å². The van der Waals surface area contributed by atoms with E-state index in [4.69, 9.17) is 22.1 Å². The molecular weight excluding hydrogens is 476 g/mol. The van der Waals surface area contributed by atoms with Crippen LogP contribution in [-0.4, -0.2) is 71.1 Å². The Hall–Kier alpha value is -3.54. The molecule has 36 heavy (non-hydrogen) atoms. The highest BCUT2D eigenvalue weighted by molar-refractivity contribution is 6.32. The van der Waals surface area contributed by atoms with Gasteiger partial charge in [0.2, 0.25) is 5.91 Å². The fourth-order valence-electron chi connectivity index (χ4n) is 5.14. The highest BCUT2D eigenvalue weighted by Gasteiger charge is 2.55. The van der Waals surface area contributed by atoms with Gasteiger partial charge in [-0.25, -0.2) is 9.97 Å². The first kappa shape index (κ1) is 24.2.